The average molecular weight is 278 g/mol. The van der Waals surface area contributed by atoms with Gasteiger partial charge < -0.3 is 5.73 Å². The van der Waals surface area contributed by atoms with E-state index >= 15 is 0 Å². The third-order valence-electron chi connectivity index (χ3n) is 2.49. The quantitative estimate of drug-likeness (QED) is 0.853. The summed E-state index contributed by atoms with van der Waals surface area (Å²) in [5.41, 5.74) is 5.33. The molecule has 1 aromatic rings. The van der Waals surface area contributed by atoms with Crippen LogP contribution in [0, 0.1) is 11.6 Å². The fourth-order valence-corrected chi connectivity index (χ4v) is 3.00. The van der Waals surface area contributed by atoms with Gasteiger partial charge in [0.15, 0.2) is 11.6 Å². The number of hydrogen-bond donors (Lipinski definition) is 1. The summed E-state index contributed by atoms with van der Waals surface area (Å²) in [6.07, 6.45) is 0.511. The number of sulfonamides is 1. The van der Waals surface area contributed by atoms with Gasteiger partial charge in [0.1, 0.15) is 0 Å². The second-order valence-electron chi connectivity index (χ2n) is 3.71. The molecule has 0 unspecified atom stereocenters. The van der Waals surface area contributed by atoms with Crippen LogP contribution in [-0.4, -0.2) is 32.4 Å². The van der Waals surface area contributed by atoms with Gasteiger partial charge in [-0.3, -0.25) is 0 Å². The van der Waals surface area contributed by atoms with Crippen LogP contribution in [0.15, 0.2) is 23.1 Å². The van der Waals surface area contributed by atoms with Crippen molar-refractivity contribution in [2.45, 2.75) is 18.2 Å². The Bertz CT molecular complexity index is 506. The van der Waals surface area contributed by atoms with Crippen LogP contribution in [0.2, 0.25) is 0 Å². The topological polar surface area (TPSA) is 63.4 Å². The van der Waals surface area contributed by atoms with Crippen molar-refractivity contribution in [2.75, 3.05) is 19.6 Å². The van der Waals surface area contributed by atoms with Crippen molar-refractivity contribution in [3.8, 4) is 0 Å². The van der Waals surface area contributed by atoms with Crippen LogP contribution in [0.5, 0.6) is 0 Å². The maximum absolute atomic E-state index is 13.1. The van der Waals surface area contributed by atoms with E-state index < -0.39 is 21.7 Å². The van der Waals surface area contributed by atoms with Crippen LogP contribution in [-0.2, 0) is 10.0 Å². The highest BCUT2D eigenvalue weighted by atomic mass is 32.2. The van der Waals surface area contributed by atoms with Gasteiger partial charge in [-0.15, -0.1) is 0 Å². The highest BCUT2D eigenvalue weighted by molar-refractivity contribution is 7.89. The molecule has 2 N–H and O–H groups in total. The molecule has 0 spiro atoms. The van der Waals surface area contributed by atoms with Crippen LogP contribution >= 0.6 is 0 Å². The minimum absolute atomic E-state index is 0.250. The van der Waals surface area contributed by atoms with Crippen molar-refractivity contribution in [1.29, 1.82) is 0 Å². The Morgan fingerprint density at radius 2 is 1.94 bits per heavy atom. The molecule has 4 nitrogen and oxygen atoms in total. The van der Waals surface area contributed by atoms with Gasteiger partial charge in [0, 0.05) is 13.1 Å². The first-order valence-electron chi connectivity index (χ1n) is 5.58. The van der Waals surface area contributed by atoms with Crippen LogP contribution < -0.4 is 5.73 Å². The minimum atomic E-state index is -3.79. The SMILES string of the molecule is CCN(CCCN)S(=O)(=O)c1ccc(F)c(F)c1. The number of benzene rings is 1. The van der Waals surface area contributed by atoms with Crippen molar-refractivity contribution < 1.29 is 17.2 Å². The zero-order valence-electron chi connectivity index (χ0n) is 10.1. The smallest absolute Gasteiger partial charge is 0.243 e. The van der Waals surface area contributed by atoms with Crippen LogP contribution in [0.25, 0.3) is 0 Å². The van der Waals surface area contributed by atoms with Gasteiger partial charge in [0.2, 0.25) is 10.0 Å². The molecule has 1 rings (SSSR count). The number of hydrogen-bond acceptors (Lipinski definition) is 3. The highest BCUT2D eigenvalue weighted by Gasteiger charge is 2.23. The number of rotatable bonds is 6. The van der Waals surface area contributed by atoms with Gasteiger partial charge in [-0.2, -0.15) is 4.31 Å². The molecule has 0 radical (unpaired) electrons. The van der Waals surface area contributed by atoms with Crippen molar-refractivity contribution in [1.82, 2.24) is 4.31 Å². The molecule has 0 heterocycles. The molecule has 0 atom stereocenters. The molecule has 102 valence electrons. The lowest BCUT2D eigenvalue weighted by Crippen LogP contribution is -2.32. The summed E-state index contributed by atoms with van der Waals surface area (Å²) in [7, 11) is -3.79. The molecule has 1 aromatic carbocycles. The Hall–Kier alpha value is -1.05. The Balaban J connectivity index is 3.06. The minimum Gasteiger partial charge on any atom is -0.330 e. The molecule has 0 aliphatic heterocycles. The Kier molecular flexibility index (Phi) is 5.18. The molecule has 0 saturated carbocycles. The summed E-state index contributed by atoms with van der Waals surface area (Å²) in [5, 5.41) is 0. The second kappa shape index (κ2) is 6.21. The summed E-state index contributed by atoms with van der Waals surface area (Å²) in [4.78, 5) is -0.250. The Morgan fingerprint density at radius 1 is 1.28 bits per heavy atom. The third kappa shape index (κ3) is 3.24. The van der Waals surface area contributed by atoms with E-state index in [-0.39, 0.29) is 18.0 Å². The van der Waals surface area contributed by atoms with Gasteiger partial charge in [-0.25, -0.2) is 17.2 Å². The summed E-state index contributed by atoms with van der Waals surface area (Å²) in [6, 6.07) is 2.55. The van der Waals surface area contributed by atoms with E-state index in [2.05, 4.69) is 0 Å². The standard InChI is InChI=1S/C11H16F2N2O2S/c1-2-15(7-3-6-14)18(16,17)9-4-5-10(12)11(13)8-9/h4-5,8H,2-3,6-7,14H2,1H3. The zero-order chi connectivity index (χ0) is 13.8. The van der Waals surface area contributed by atoms with Gasteiger partial charge in [-0.1, -0.05) is 6.92 Å². The second-order valence-corrected chi connectivity index (χ2v) is 5.65. The lowest BCUT2D eigenvalue weighted by atomic mass is 10.3. The molecule has 0 amide bonds. The van der Waals surface area contributed by atoms with E-state index in [1.165, 1.54) is 4.31 Å². The third-order valence-corrected chi connectivity index (χ3v) is 4.46. The zero-order valence-corrected chi connectivity index (χ0v) is 10.9. The molecule has 18 heavy (non-hydrogen) atoms. The molecule has 0 aliphatic rings. The lowest BCUT2D eigenvalue weighted by Gasteiger charge is -2.20. The lowest BCUT2D eigenvalue weighted by molar-refractivity contribution is 0.421. The number of halogens is 2. The largest absolute Gasteiger partial charge is 0.330 e. The fourth-order valence-electron chi connectivity index (χ4n) is 1.50. The first-order chi connectivity index (χ1) is 8.43. The van der Waals surface area contributed by atoms with E-state index in [0.717, 1.165) is 12.1 Å². The normalized spacial score (nSPS) is 12.1. The van der Waals surface area contributed by atoms with Crippen LogP contribution in [0.3, 0.4) is 0 Å². The summed E-state index contributed by atoms with van der Waals surface area (Å²) in [5.74, 6) is -2.25. The predicted octanol–water partition coefficient (Wildman–Crippen LogP) is 1.32. The van der Waals surface area contributed by atoms with Gasteiger partial charge >= 0.3 is 0 Å². The first kappa shape index (κ1) is 15.0. The number of nitrogens with two attached hydrogens (primary N) is 1. The van der Waals surface area contributed by atoms with Gasteiger partial charge in [0.05, 0.1) is 4.90 Å². The van der Waals surface area contributed by atoms with Crippen molar-refractivity contribution in [2.24, 2.45) is 5.73 Å². The molecular formula is C11H16F2N2O2S. The summed E-state index contributed by atoms with van der Waals surface area (Å²) < 4.78 is 51.3. The van der Waals surface area contributed by atoms with Crippen molar-refractivity contribution in [3.63, 3.8) is 0 Å². The molecule has 0 bridgehead atoms. The molecule has 0 fully saturated rings. The number of nitrogens with zero attached hydrogens (tertiary/aromatic N) is 1. The maximum Gasteiger partial charge on any atom is 0.243 e. The maximum atomic E-state index is 13.1. The van der Waals surface area contributed by atoms with Crippen LogP contribution in [0.4, 0.5) is 8.78 Å². The Labute approximate surface area is 105 Å². The predicted molar refractivity (Wildman–Crippen MR) is 64.5 cm³/mol. The average Bonchev–Trinajstić information content (AvgIpc) is 2.33. The molecular weight excluding hydrogens is 262 g/mol. The summed E-state index contributed by atoms with van der Waals surface area (Å²) >= 11 is 0. The summed E-state index contributed by atoms with van der Waals surface area (Å²) in [6.45, 7) is 2.55. The first-order valence-corrected chi connectivity index (χ1v) is 7.02. The fraction of sp³-hybridized carbons (Fsp3) is 0.455. The van der Waals surface area contributed by atoms with Crippen molar-refractivity contribution in [3.05, 3.63) is 29.8 Å². The molecule has 0 aromatic heterocycles. The van der Waals surface area contributed by atoms with Gasteiger partial charge in [0.25, 0.3) is 0 Å². The molecule has 7 heteroatoms. The molecule has 0 aliphatic carbocycles. The highest BCUT2D eigenvalue weighted by Crippen LogP contribution is 2.18. The molecule has 0 saturated heterocycles. The van der Waals surface area contributed by atoms with E-state index in [9.17, 15) is 17.2 Å². The van der Waals surface area contributed by atoms with E-state index in [0.29, 0.717) is 19.0 Å². The van der Waals surface area contributed by atoms with E-state index in [1.54, 1.807) is 6.92 Å². The van der Waals surface area contributed by atoms with Crippen molar-refractivity contribution >= 4 is 10.0 Å². The van der Waals surface area contributed by atoms with E-state index in [1.807, 2.05) is 0 Å². The van der Waals surface area contributed by atoms with Crippen LogP contribution in [0.1, 0.15) is 13.3 Å². The van der Waals surface area contributed by atoms with Gasteiger partial charge in [-0.05, 0) is 31.2 Å². The Morgan fingerprint density at radius 3 is 2.44 bits per heavy atom. The monoisotopic (exact) mass is 278 g/mol. The van der Waals surface area contributed by atoms with E-state index in [4.69, 9.17) is 5.73 Å².